The van der Waals surface area contributed by atoms with Gasteiger partial charge in [-0.2, -0.15) is 13.2 Å². The van der Waals surface area contributed by atoms with Crippen LogP contribution in [0.25, 0.3) is 0 Å². The van der Waals surface area contributed by atoms with Gasteiger partial charge in [-0.05, 0) is 31.0 Å². The normalized spacial score (nSPS) is 14.6. The van der Waals surface area contributed by atoms with Gasteiger partial charge in [-0.15, -0.1) is 11.3 Å². The summed E-state index contributed by atoms with van der Waals surface area (Å²) in [5.74, 6) is -0.111. The zero-order valence-electron chi connectivity index (χ0n) is 18.0. The van der Waals surface area contributed by atoms with Gasteiger partial charge >= 0.3 is 6.18 Å². The first-order valence-electron chi connectivity index (χ1n) is 10.1. The van der Waals surface area contributed by atoms with Gasteiger partial charge in [-0.3, -0.25) is 9.59 Å². The number of aromatic nitrogens is 1. The minimum Gasteiger partial charge on any atom is -0.352 e. The summed E-state index contributed by atoms with van der Waals surface area (Å²) in [6.45, 7) is 5.44. The van der Waals surface area contributed by atoms with Crippen LogP contribution in [0, 0.1) is 6.92 Å². The lowest BCUT2D eigenvalue weighted by molar-refractivity contribution is -0.137. The number of alkyl halides is 3. The number of aryl methyl sites for hydroxylation is 2. The van der Waals surface area contributed by atoms with Crippen LogP contribution in [0.2, 0.25) is 5.02 Å². The Bertz CT molecular complexity index is 1000. The summed E-state index contributed by atoms with van der Waals surface area (Å²) in [6, 6.07) is 2.71. The molecule has 174 valence electrons. The zero-order valence-corrected chi connectivity index (χ0v) is 19.6. The van der Waals surface area contributed by atoms with Gasteiger partial charge in [0.15, 0.2) is 0 Å². The minimum atomic E-state index is -4.51. The smallest absolute Gasteiger partial charge is 0.352 e. The van der Waals surface area contributed by atoms with E-state index in [1.54, 1.807) is 16.8 Å². The van der Waals surface area contributed by atoms with Crippen molar-refractivity contribution in [3.63, 3.8) is 0 Å². The number of pyridine rings is 1. The van der Waals surface area contributed by atoms with Gasteiger partial charge in [0.1, 0.15) is 5.82 Å². The molecule has 2 amide bonds. The number of nitrogens with zero attached hydrogens (tertiary/aromatic N) is 4. The van der Waals surface area contributed by atoms with Gasteiger partial charge in [0, 0.05) is 44.3 Å². The highest BCUT2D eigenvalue weighted by atomic mass is 35.5. The van der Waals surface area contributed by atoms with Gasteiger partial charge in [0.05, 0.1) is 22.0 Å². The highest BCUT2D eigenvalue weighted by molar-refractivity contribution is 7.14. The molecule has 2 aromatic heterocycles. The van der Waals surface area contributed by atoms with Gasteiger partial charge in [-0.25, -0.2) is 4.98 Å². The van der Waals surface area contributed by atoms with Crippen LogP contribution in [-0.4, -0.2) is 66.4 Å². The number of amides is 2. The fourth-order valence-corrected chi connectivity index (χ4v) is 4.92. The third kappa shape index (κ3) is 5.35. The maximum Gasteiger partial charge on any atom is 0.417 e. The third-order valence-electron chi connectivity index (χ3n) is 5.35. The Morgan fingerprint density at radius 1 is 1.22 bits per heavy atom. The number of hydrogen-bond acceptors (Lipinski definition) is 5. The van der Waals surface area contributed by atoms with Crippen LogP contribution in [0.1, 0.15) is 32.6 Å². The molecular formula is C21H24ClF3N4O2S. The molecular weight excluding hydrogens is 465 g/mol. The molecule has 32 heavy (non-hydrogen) atoms. The van der Waals surface area contributed by atoms with Gasteiger partial charge in [-0.1, -0.05) is 18.5 Å². The second-order valence-electron chi connectivity index (χ2n) is 7.63. The number of carbonyl (C=O) groups is 2. The molecule has 11 heteroatoms. The number of anilines is 1. The Morgan fingerprint density at radius 2 is 1.88 bits per heavy atom. The number of carbonyl (C=O) groups excluding carboxylic acids is 2. The Balaban J connectivity index is 1.56. The monoisotopic (exact) mass is 488 g/mol. The molecule has 0 bridgehead atoms. The molecule has 3 rings (SSSR count). The molecule has 0 N–H and O–H groups in total. The summed E-state index contributed by atoms with van der Waals surface area (Å²) in [4.78, 5) is 35.8. The van der Waals surface area contributed by atoms with Crippen molar-refractivity contribution in [1.82, 2.24) is 14.8 Å². The molecule has 0 aromatic carbocycles. The molecule has 0 atom stereocenters. The fraction of sp³-hybridized carbons (Fsp3) is 0.476. The first kappa shape index (κ1) is 24.3. The van der Waals surface area contributed by atoms with E-state index in [0.29, 0.717) is 31.1 Å². The average Bonchev–Trinajstić information content (AvgIpc) is 3.13. The molecule has 0 spiro atoms. The van der Waals surface area contributed by atoms with Gasteiger partial charge in [0.2, 0.25) is 5.91 Å². The number of thiophene rings is 1. The Kier molecular flexibility index (Phi) is 7.34. The van der Waals surface area contributed by atoms with Crippen molar-refractivity contribution in [3.05, 3.63) is 44.2 Å². The van der Waals surface area contributed by atoms with E-state index >= 15 is 0 Å². The molecule has 1 fully saturated rings. The van der Waals surface area contributed by atoms with E-state index in [2.05, 4.69) is 4.98 Å². The number of rotatable bonds is 5. The maximum atomic E-state index is 12.8. The lowest BCUT2D eigenvalue weighted by Crippen LogP contribution is -2.51. The average molecular weight is 489 g/mol. The molecule has 1 aliphatic heterocycles. The number of hydrogen-bond donors (Lipinski definition) is 0. The van der Waals surface area contributed by atoms with Crippen LogP contribution in [0.3, 0.4) is 0 Å². The summed E-state index contributed by atoms with van der Waals surface area (Å²) < 4.78 is 38.4. The molecule has 0 radical (unpaired) electrons. The van der Waals surface area contributed by atoms with Crippen molar-refractivity contribution in [2.75, 3.05) is 44.7 Å². The van der Waals surface area contributed by atoms with Crippen LogP contribution in [0.5, 0.6) is 0 Å². The van der Waals surface area contributed by atoms with Crippen molar-refractivity contribution in [2.24, 2.45) is 0 Å². The van der Waals surface area contributed by atoms with Crippen LogP contribution >= 0.6 is 22.9 Å². The van der Waals surface area contributed by atoms with Crippen LogP contribution < -0.4 is 4.90 Å². The molecule has 0 aliphatic carbocycles. The van der Waals surface area contributed by atoms with Crippen LogP contribution in [-0.2, 0) is 17.4 Å². The van der Waals surface area contributed by atoms with E-state index in [1.807, 2.05) is 19.9 Å². The molecule has 1 saturated heterocycles. The van der Waals surface area contributed by atoms with E-state index in [9.17, 15) is 22.8 Å². The van der Waals surface area contributed by atoms with E-state index in [-0.39, 0.29) is 29.2 Å². The van der Waals surface area contributed by atoms with E-state index in [1.165, 1.54) is 16.2 Å². The maximum absolute atomic E-state index is 12.8. The lowest BCUT2D eigenvalue weighted by atomic mass is 10.2. The summed E-state index contributed by atoms with van der Waals surface area (Å²) >= 11 is 7.47. The zero-order chi connectivity index (χ0) is 23.6. The predicted molar refractivity (Wildman–Crippen MR) is 118 cm³/mol. The third-order valence-corrected chi connectivity index (χ3v) is 7.00. The van der Waals surface area contributed by atoms with Crippen molar-refractivity contribution >= 4 is 40.6 Å². The van der Waals surface area contributed by atoms with Crippen molar-refractivity contribution in [2.45, 2.75) is 26.4 Å². The standard InChI is InChI=1S/C21H24ClF3N4O2S/c1-4-16-13(2)9-17(32-16)20(31)27(3)12-18(30)28-5-7-29(8-6-28)19-15(22)10-14(11-26-19)21(23,24)25/h9-11H,4-8,12H2,1-3H3. The van der Waals surface area contributed by atoms with E-state index < -0.39 is 11.7 Å². The molecule has 1 aliphatic rings. The highest BCUT2D eigenvalue weighted by Gasteiger charge is 2.32. The Labute approximate surface area is 193 Å². The van der Waals surface area contributed by atoms with E-state index in [0.717, 1.165) is 29.1 Å². The number of likely N-dealkylation sites (N-methyl/N-ethyl adjacent to an activating group) is 1. The molecule has 0 unspecified atom stereocenters. The van der Waals surface area contributed by atoms with Gasteiger partial charge < -0.3 is 14.7 Å². The van der Waals surface area contributed by atoms with Crippen molar-refractivity contribution in [3.8, 4) is 0 Å². The largest absolute Gasteiger partial charge is 0.417 e. The summed E-state index contributed by atoms with van der Waals surface area (Å²) in [5.41, 5.74) is 0.173. The minimum absolute atomic E-state index is 0.0451. The molecule has 3 heterocycles. The summed E-state index contributed by atoms with van der Waals surface area (Å²) in [5, 5.41) is -0.0809. The summed E-state index contributed by atoms with van der Waals surface area (Å²) in [6.07, 6.45) is -2.90. The number of piperazine rings is 1. The first-order valence-corrected chi connectivity index (χ1v) is 11.3. The molecule has 0 saturated carbocycles. The van der Waals surface area contributed by atoms with Crippen LogP contribution in [0.4, 0.5) is 19.0 Å². The fourth-order valence-electron chi connectivity index (χ4n) is 3.53. The van der Waals surface area contributed by atoms with Crippen LogP contribution in [0.15, 0.2) is 18.3 Å². The topological polar surface area (TPSA) is 56.8 Å². The van der Waals surface area contributed by atoms with Crippen molar-refractivity contribution in [1.29, 1.82) is 0 Å². The van der Waals surface area contributed by atoms with E-state index in [4.69, 9.17) is 11.6 Å². The second kappa shape index (κ2) is 9.66. The Hall–Kier alpha value is -2.33. The second-order valence-corrected chi connectivity index (χ2v) is 9.17. The summed E-state index contributed by atoms with van der Waals surface area (Å²) in [7, 11) is 1.60. The first-order chi connectivity index (χ1) is 15.0. The molecule has 6 nitrogen and oxygen atoms in total. The predicted octanol–water partition coefficient (Wildman–Crippen LogP) is 4.11. The van der Waals surface area contributed by atoms with Crippen molar-refractivity contribution < 1.29 is 22.8 Å². The quantitative estimate of drug-likeness (QED) is 0.635. The number of halogens is 4. The highest BCUT2D eigenvalue weighted by Crippen LogP contribution is 2.33. The SMILES string of the molecule is CCc1sc(C(=O)N(C)CC(=O)N2CCN(c3ncc(C(F)(F)F)cc3Cl)CC2)cc1C. The van der Waals surface area contributed by atoms with Gasteiger partial charge in [0.25, 0.3) is 5.91 Å². The molecule has 2 aromatic rings. The lowest BCUT2D eigenvalue weighted by Gasteiger charge is -2.36. The Morgan fingerprint density at radius 3 is 2.41 bits per heavy atom.